The van der Waals surface area contributed by atoms with Gasteiger partial charge in [-0.1, -0.05) is 13.8 Å². The van der Waals surface area contributed by atoms with Crippen LogP contribution in [-0.4, -0.2) is 66.8 Å². The van der Waals surface area contributed by atoms with E-state index in [0.29, 0.717) is 25.7 Å². The normalized spacial score (nSPS) is 20.6. The van der Waals surface area contributed by atoms with E-state index in [1.165, 1.54) is 5.56 Å². The number of rotatable bonds is 7. The molecule has 1 aromatic carbocycles. The second-order valence-electron chi connectivity index (χ2n) is 10.3. The minimum atomic E-state index is -0.174. The van der Waals surface area contributed by atoms with E-state index < -0.39 is 0 Å². The maximum absolute atomic E-state index is 12.2. The summed E-state index contributed by atoms with van der Waals surface area (Å²) in [6, 6.07) is 8.13. The van der Waals surface area contributed by atoms with Crippen LogP contribution in [0.1, 0.15) is 57.8 Å². The number of carbonyl (C=O) groups excluding carboxylic acids is 1. The zero-order chi connectivity index (χ0) is 24.9. The van der Waals surface area contributed by atoms with Gasteiger partial charge in [0.25, 0.3) is 0 Å². The summed E-state index contributed by atoms with van der Waals surface area (Å²) in [4.78, 5) is 27.1. The molecule has 2 amide bonds. The van der Waals surface area contributed by atoms with Crippen molar-refractivity contribution in [2.45, 2.75) is 59.0 Å². The quantitative estimate of drug-likeness (QED) is 0.569. The number of likely N-dealkylation sites (N-methyl/N-ethyl adjacent to an activating group) is 1. The van der Waals surface area contributed by atoms with Crippen LogP contribution in [0.2, 0.25) is 0 Å². The summed E-state index contributed by atoms with van der Waals surface area (Å²) < 4.78 is 5.68. The van der Waals surface area contributed by atoms with Crippen molar-refractivity contribution in [1.29, 1.82) is 0 Å². The molecule has 2 aliphatic heterocycles. The summed E-state index contributed by atoms with van der Waals surface area (Å²) in [6.45, 7) is 12.7. The number of fused-ring (bicyclic) bond motifs is 1. The highest BCUT2D eigenvalue weighted by atomic mass is 16.5. The van der Waals surface area contributed by atoms with Gasteiger partial charge in [-0.15, -0.1) is 0 Å². The Hall–Kier alpha value is -2.71. The molecule has 2 atom stereocenters. The lowest BCUT2D eigenvalue weighted by Gasteiger charge is -2.39. The van der Waals surface area contributed by atoms with Crippen LogP contribution in [0.15, 0.2) is 24.3 Å². The molecule has 8 heteroatoms. The Balaban J connectivity index is 1.54. The van der Waals surface area contributed by atoms with Crippen LogP contribution in [0.5, 0.6) is 0 Å². The first-order valence-corrected chi connectivity index (χ1v) is 12.9. The Morgan fingerprint density at radius 3 is 2.66 bits per heavy atom. The van der Waals surface area contributed by atoms with Crippen molar-refractivity contribution in [3.05, 3.63) is 35.5 Å². The standard InChI is InChI=1S/C27H40N6O2/c1-18(2)7-6-13-28-27(34)29-22-10-8-21(9-11-22)25-30-24-20(4)32(5)14-12-23(24)26(31-25)33-15-16-35-17-19(33)3/h8-11,18-20H,6-7,12-17H2,1-5H3,(H2,28,29,34). The molecule has 1 saturated heterocycles. The Morgan fingerprint density at radius 1 is 1.17 bits per heavy atom. The SMILES string of the molecule is CC(C)CCCNC(=O)Nc1ccc(-c2nc3c(c(N4CCOCC4C)n2)CCN(C)C3C)cc1. The van der Waals surface area contributed by atoms with E-state index in [1.807, 2.05) is 24.3 Å². The van der Waals surface area contributed by atoms with Crippen molar-refractivity contribution in [2.24, 2.45) is 5.92 Å². The van der Waals surface area contributed by atoms with Crippen LogP contribution in [0.4, 0.5) is 16.3 Å². The lowest BCUT2D eigenvalue weighted by atomic mass is 9.98. The number of morpholine rings is 1. The number of ether oxygens (including phenoxy) is 1. The number of hydrogen-bond donors (Lipinski definition) is 2. The molecule has 0 saturated carbocycles. The van der Waals surface area contributed by atoms with Crippen molar-refractivity contribution in [3.63, 3.8) is 0 Å². The predicted octanol–water partition coefficient (Wildman–Crippen LogP) is 4.48. The molecule has 4 rings (SSSR count). The predicted molar refractivity (Wildman–Crippen MR) is 141 cm³/mol. The first-order valence-electron chi connectivity index (χ1n) is 12.9. The van der Waals surface area contributed by atoms with Crippen LogP contribution in [0, 0.1) is 5.92 Å². The summed E-state index contributed by atoms with van der Waals surface area (Å²) in [5, 5.41) is 5.85. The second kappa shape index (κ2) is 11.4. The van der Waals surface area contributed by atoms with E-state index >= 15 is 0 Å². The summed E-state index contributed by atoms with van der Waals surface area (Å²) in [5.74, 6) is 2.42. The van der Waals surface area contributed by atoms with E-state index in [1.54, 1.807) is 0 Å². The molecule has 2 aromatic rings. The van der Waals surface area contributed by atoms with Gasteiger partial charge in [0.05, 0.1) is 24.9 Å². The summed E-state index contributed by atoms with van der Waals surface area (Å²) in [5.41, 5.74) is 4.07. The van der Waals surface area contributed by atoms with Gasteiger partial charge in [0.15, 0.2) is 5.82 Å². The molecule has 0 aliphatic carbocycles. The van der Waals surface area contributed by atoms with Crippen LogP contribution >= 0.6 is 0 Å². The number of carbonyl (C=O) groups is 1. The highest BCUT2D eigenvalue weighted by Gasteiger charge is 2.31. The number of hydrogen-bond acceptors (Lipinski definition) is 6. The summed E-state index contributed by atoms with van der Waals surface area (Å²) >= 11 is 0. The molecule has 0 bridgehead atoms. The molecular weight excluding hydrogens is 440 g/mol. The van der Waals surface area contributed by atoms with Crippen LogP contribution < -0.4 is 15.5 Å². The van der Waals surface area contributed by atoms with Crippen molar-refractivity contribution >= 4 is 17.5 Å². The Morgan fingerprint density at radius 2 is 1.94 bits per heavy atom. The van der Waals surface area contributed by atoms with E-state index in [9.17, 15) is 4.79 Å². The molecule has 8 nitrogen and oxygen atoms in total. The fraction of sp³-hybridized carbons (Fsp3) is 0.593. The Bertz CT molecular complexity index is 1010. The second-order valence-corrected chi connectivity index (χ2v) is 10.3. The zero-order valence-electron chi connectivity index (χ0n) is 21.8. The van der Waals surface area contributed by atoms with Crippen molar-refractivity contribution in [1.82, 2.24) is 20.2 Å². The highest BCUT2D eigenvalue weighted by molar-refractivity contribution is 5.89. The number of aromatic nitrogens is 2. The Labute approximate surface area is 209 Å². The van der Waals surface area contributed by atoms with Gasteiger partial charge >= 0.3 is 6.03 Å². The fourth-order valence-electron chi connectivity index (χ4n) is 4.76. The van der Waals surface area contributed by atoms with Crippen molar-refractivity contribution in [2.75, 3.05) is 50.1 Å². The number of amides is 2. The monoisotopic (exact) mass is 480 g/mol. The number of nitrogens with zero attached hydrogens (tertiary/aromatic N) is 4. The van der Waals surface area contributed by atoms with Gasteiger partial charge in [-0.05, 0) is 70.3 Å². The van der Waals surface area contributed by atoms with Gasteiger partial charge in [-0.3, -0.25) is 4.90 Å². The zero-order valence-corrected chi connectivity index (χ0v) is 21.8. The van der Waals surface area contributed by atoms with Crippen molar-refractivity contribution in [3.8, 4) is 11.4 Å². The smallest absolute Gasteiger partial charge is 0.319 e. The number of nitrogens with one attached hydrogen (secondary N) is 2. The Kier molecular flexibility index (Phi) is 8.23. The average molecular weight is 481 g/mol. The highest BCUT2D eigenvalue weighted by Crippen LogP contribution is 2.35. The number of anilines is 2. The third-order valence-electron chi connectivity index (χ3n) is 7.07. The van der Waals surface area contributed by atoms with Gasteiger partial charge in [0.1, 0.15) is 5.82 Å². The van der Waals surface area contributed by atoms with E-state index in [-0.39, 0.29) is 18.1 Å². The largest absolute Gasteiger partial charge is 0.377 e. The molecule has 2 N–H and O–H groups in total. The minimum Gasteiger partial charge on any atom is -0.377 e. The van der Waals surface area contributed by atoms with Gasteiger partial charge in [0.2, 0.25) is 0 Å². The van der Waals surface area contributed by atoms with Gasteiger partial charge < -0.3 is 20.3 Å². The molecule has 190 valence electrons. The average Bonchev–Trinajstić information content (AvgIpc) is 2.84. The topological polar surface area (TPSA) is 82.6 Å². The van der Waals surface area contributed by atoms with Gasteiger partial charge in [-0.2, -0.15) is 0 Å². The minimum absolute atomic E-state index is 0.174. The molecule has 2 aliphatic rings. The molecule has 35 heavy (non-hydrogen) atoms. The van der Waals surface area contributed by atoms with Gasteiger partial charge in [0, 0.05) is 42.5 Å². The lowest BCUT2D eigenvalue weighted by Crippen LogP contribution is -2.45. The first-order chi connectivity index (χ1) is 16.8. The first kappa shape index (κ1) is 25.4. The summed E-state index contributed by atoms with van der Waals surface area (Å²) in [6.07, 6.45) is 3.04. The molecule has 1 aromatic heterocycles. The van der Waals surface area contributed by atoms with Crippen molar-refractivity contribution < 1.29 is 9.53 Å². The molecule has 2 unspecified atom stereocenters. The maximum Gasteiger partial charge on any atom is 0.319 e. The molecule has 1 fully saturated rings. The lowest BCUT2D eigenvalue weighted by molar-refractivity contribution is 0.0983. The van der Waals surface area contributed by atoms with E-state index in [0.717, 1.165) is 60.9 Å². The van der Waals surface area contributed by atoms with E-state index in [2.05, 4.69) is 55.2 Å². The summed E-state index contributed by atoms with van der Waals surface area (Å²) in [7, 11) is 2.15. The van der Waals surface area contributed by atoms with Gasteiger partial charge in [-0.25, -0.2) is 14.8 Å². The fourth-order valence-corrected chi connectivity index (χ4v) is 4.76. The van der Waals surface area contributed by atoms with E-state index in [4.69, 9.17) is 14.7 Å². The third kappa shape index (κ3) is 6.11. The molecule has 0 radical (unpaired) electrons. The molecule has 0 spiro atoms. The van der Waals surface area contributed by atoms with Crippen LogP contribution in [0.25, 0.3) is 11.4 Å². The number of benzene rings is 1. The molecular formula is C27H40N6O2. The molecule has 3 heterocycles. The maximum atomic E-state index is 12.2. The van der Waals surface area contributed by atoms with Crippen LogP contribution in [0.3, 0.4) is 0 Å². The third-order valence-corrected chi connectivity index (χ3v) is 7.07. The number of urea groups is 1. The van der Waals surface area contributed by atoms with Crippen LogP contribution in [-0.2, 0) is 11.2 Å².